The second kappa shape index (κ2) is 3.12. The predicted octanol–water partition coefficient (Wildman–Crippen LogP) is -0.0772. The lowest BCUT2D eigenvalue weighted by atomic mass is 10.4. The van der Waals surface area contributed by atoms with E-state index in [1.807, 2.05) is 0 Å². The van der Waals surface area contributed by atoms with Gasteiger partial charge in [0, 0.05) is 6.54 Å². The Morgan fingerprint density at radius 3 is 3.20 bits per heavy atom. The van der Waals surface area contributed by atoms with Crippen LogP contribution in [0.2, 0.25) is 0 Å². The minimum atomic E-state index is 0.473. The summed E-state index contributed by atoms with van der Waals surface area (Å²) in [7, 11) is 0. The predicted molar refractivity (Wildman–Crippen MR) is 38.1 cm³/mol. The van der Waals surface area contributed by atoms with Crippen LogP contribution in [-0.2, 0) is 13.1 Å². The Bertz CT molecular complexity index is 215. The fraction of sp³-hybridized carbons (Fsp3) is 0.333. The molecule has 0 spiro atoms. The molecule has 0 radical (unpaired) electrons. The van der Waals surface area contributed by atoms with E-state index in [1.54, 1.807) is 17.0 Å². The number of nitrogens with zero attached hydrogens (tertiary/aromatic N) is 3. The molecule has 1 aromatic heterocycles. The second-order valence-corrected chi connectivity index (χ2v) is 1.90. The van der Waals surface area contributed by atoms with Gasteiger partial charge in [-0.15, -0.1) is 11.7 Å². The van der Waals surface area contributed by atoms with Crippen molar-refractivity contribution in [1.29, 1.82) is 0 Å². The van der Waals surface area contributed by atoms with E-state index in [9.17, 15) is 0 Å². The summed E-state index contributed by atoms with van der Waals surface area (Å²) in [4.78, 5) is 0. The molecule has 2 N–H and O–H groups in total. The van der Waals surface area contributed by atoms with Crippen LogP contribution in [0.5, 0.6) is 0 Å². The molecule has 0 amide bonds. The Morgan fingerprint density at radius 1 is 1.80 bits per heavy atom. The standard InChI is InChI=1S/C6H10N4/c1-2-3-10-6(4-7)5-8-9-10/h2,5H,1,3-4,7H2. The minimum Gasteiger partial charge on any atom is -0.325 e. The van der Waals surface area contributed by atoms with Crippen LogP contribution >= 0.6 is 0 Å². The van der Waals surface area contributed by atoms with Gasteiger partial charge in [0.2, 0.25) is 0 Å². The highest BCUT2D eigenvalue weighted by Gasteiger charge is 1.96. The zero-order valence-corrected chi connectivity index (χ0v) is 5.70. The molecule has 0 aliphatic rings. The van der Waals surface area contributed by atoms with Crippen molar-refractivity contribution in [2.24, 2.45) is 5.73 Å². The maximum absolute atomic E-state index is 5.39. The molecule has 1 heterocycles. The maximum Gasteiger partial charge on any atom is 0.0738 e. The molecule has 4 heteroatoms. The molecule has 0 unspecified atom stereocenters. The van der Waals surface area contributed by atoms with Crippen molar-refractivity contribution in [2.75, 3.05) is 0 Å². The van der Waals surface area contributed by atoms with Gasteiger partial charge in [0.25, 0.3) is 0 Å². The van der Waals surface area contributed by atoms with Gasteiger partial charge in [-0.2, -0.15) is 0 Å². The van der Waals surface area contributed by atoms with Crippen molar-refractivity contribution in [3.8, 4) is 0 Å². The first kappa shape index (κ1) is 6.95. The highest BCUT2D eigenvalue weighted by molar-refractivity contribution is 4.93. The molecule has 0 aromatic carbocycles. The summed E-state index contributed by atoms with van der Waals surface area (Å²) in [6, 6.07) is 0. The fourth-order valence-electron chi connectivity index (χ4n) is 0.713. The average molecular weight is 138 g/mol. The number of nitrogens with two attached hydrogens (primary N) is 1. The summed E-state index contributed by atoms with van der Waals surface area (Å²) < 4.78 is 1.72. The molecular weight excluding hydrogens is 128 g/mol. The van der Waals surface area contributed by atoms with Crippen molar-refractivity contribution >= 4 is 0 Å². The van der Waals surface area contributed by atoms with Crippen LogP contribution in [0.4, 0.5) is 0 Å². The summed E-state index contributed by atoms with van der Waals surface area (Å²) >= 11 is 0. The van der Waals surface area contributed by atoms with Gasteiger partial charge in [0.1, 0.15) is 0 Å². The molecule has 1 aromatic rings. The summed E-state index contributed by atoms with van der Waals surface area (Å²) in [6.07, 6.45) is 3.41. The largest absolute Gasteiger partial charge is 0.325 e. The van der Waals surface area contributed by atoms with Crippen LogP contribution in [0, 0.1) is 0 Å². The molecule has 0 atom stereocenters. The van der Waals surface area contributed by atoms with E-state index in [0.717, 1.165) is 5.69 Å². The smallest absolute Gasteiger partial charge is 0.0738 e. The molecule has 0 fully saturated rings. The molecule has 0 aliphatic carbocycles. The number of rotatable bonds is 3. The summed E-state index contributed by atoms with van der Waals surface area (Å²) in [5.74, 6) is 0. The van der Waals surface area contributed by atoms with E-state index in [0.29, 0.717) is 13.1 Å². The molecule has 54 valence electrons. The lowest BCUT2D eigenvalue weighted by Crippen LogP contribution is -2.07. The monoisotopic (exact) mass is 138 g/mol. The van der Waals surface area contributed by atoms with E-state index in [1.165, 1.54) is 0 Å². The molecule has 0 saturated carbocycles. The van der Waals surface area contributed by atoms with Crippen LogP contribution < -0.4 is 5.73 Å². The zero-order chi connectivity index (χ0) is 7.40. The van der Waals surface area contributed by atoms with Crippen LogP contribution in [0.25, 0.3) is 0 Å². The minimum absolute atomic E-state index is 0.473. The molecule has 0 bridgehead atoms. The first-order valence-corrected chi connectivity index (χ1v) is 3.07. The first-order valence-electron chi connectivity index (χ1n) is 3.07. The van der Waals surface area contributed by atoms with Gasteiger partial charge in [-0.05, 0) is 0 Å². The molecule has 0 saturated heterocycles. The first-order chi connectivity index (χ1) is 4.88. The van der Waals surface area contributed by atoms with Gasteiger partial charge in [0.05, 0.1) is 18.4 Å². The van der Waals surface area contributed by atoms with E-state index in [-0.39, 0.29) is 0 Å². The second-order valence-electron chi connectivity index (χ2n) is 1.90. The third kappa shape index (κ3) is 1.22. The van der Waals surface area contributed by atoms with E-state index in [2.05, 4.69) is 16.9 Å². The lowest BCUT2D eigenvalue weighted by Gasteiger charge is -1.97. The SMILES string of the molecule is C=CCn1nncc1CN. The van der Waals surface area contributed by atoms with Crippen molar-refractivity contribution in [3.63, 3.8) is 0 Å². The normalized spacial score (nSPS) is 9.70. The summed E-state index contributed by atoms with van der Waals surface area (Å²) in [5, 5.41) is 7.49. The van der Waals surface area contributed by atoms with Crippen LogP contribution in [0.15, 0.2) is 18.9 Å². The van der Waals surface area contributed by atoms with E-state index in [4.69, 9.17) is 5.73 Å². The van der Waals surface area contributed by atoms with Crippen molar-refractivity contribution < 1.29 is 0 Å². The number of hydrogen-bond acceptors (Lipinski definition) is 3. The van der Waals surface area contributed by atoms with Crippen molar-refractivity contribution in [2.45, 2.75) is 13.1 Å². The third-order valence-electron chi connectivity index (χ3n) is 1.21. The molecule has 4 nitrogen and oxygen atoms in total. The highest BCUT2D eigenvalue weighted by atomic mass is 15.4. The Morgan fingerprint density at radius 2 is 2.60 bits per heavy atom. The Balaban J connectivity index is 2.79. The Hall–Kier alpha value is -1.16. The molecular formula is C6H10N4. The van der Waals surface area contributed by atoms with Gasteiger partial charge in [0.15, 0.2) is 0 Å². The fourth-order valence-corrected chi connectivity index (χ4v) is 0.713. The molecule has 10 heavy (non-hydrogen) atoms. The zero-order valence-electron chi connectivity index (χ0n) is 5.70. The third-order valence-corrected chi connectivity index (χ3v) is 1.21. The highest BCUT2D eigenvalue weighted by Crippen LogP contribution is 1.93. The van der Waals surface area contributed by atoms with Gasteiger partial charge < -0.3 is 5.73 Å². The van der Waals surface area contributed by atoms with Gasteiger partial charge in [-0.1, -0.05) is 11.3 Å². The van der Waals surface area contributed by atoms with Crippen LogP contribution in [-0.4, -0.2) is 15.0 Å². The number of aromatic nitrogens is 3. The molecule has 1 rings (SSSR count). The van der Waals surface area contributed by atoms with E-state index >= 15 is 0 Å². The molecule has 0 aliphatic heterocycles. The maximum atomic E-state index is 5.39. The van der Waals surface area contributed by atoms with E-state index < -0.39 is 0 Å². The average Bonchev–Trinajstić information content (AvgIpc) is 2.36. The van der Waals surface area contributed by atoms with Crippen molar-refractivity contribution in [3.05, 3.63) is 24.5 Å². The number of allylic oxidation sites excluding steroid dienone is 1. The van der Waals surface area contributed by atoms with Gasteiger partial charge in [-0.25, -0.2) is 4.68 Å². The Labute approximate surface area is 59.3 Å². The lowest BCUT2D eigenvalue weighted by molar-refractivity contribution is 0.630. The Kier molecular flexibility index (Phi) is 2.17. The summed E-state index contributed by atoms with van der Waals surface area (Å²) in [5.41, 5.74) is 6.32. The quantitative estimate of drug-likeness (QED) is 0.594. The van der Waals surface area contributed by atoms with Gasteiger partial charge in [-0.3, -0.25) is 0 Å². The summed E-state index contributed by atoms with van der Waals surface area (Å²) in [6.45, 7) is 4.73. The van der Waals surface area contributed by atoms with Crippen LogP contribution in [0.1, 0.15) is 5.69 Å². The number of hydrogen-bond donors (Lipinski definition) is 1. The van der Waals surface area contributed by atoms with Crippen molar-refractivity contribution in [1.82, 2.24) is 15.0 Å². The van der Waals surface area contributed by atoms with Gasteiger partial charge >= 0.3 is 0 Å². The van der Waals surface area contributed by atoms with Crippen LogP contribution in [0.3, 0.4) is 0 Å². The topological polar surface area (TPSA) is 56.7 Å².